The fourth-order valence-electron chi connectivity index (χ4n) is 3.89. The van der Waals surface area contributed by atoms with Crippen LogP contribution in [0.2, 0.25) is 0 Å². The minimum absolute atomic E-state index is 0.124. The lowest BCUT2D eigenvalue weighted by molar-refractivity contribution is -0.136. The van der Waals surface area contributed by atoms with E-state index in [-0.39, 0.29) is 30.7 Å². The normalized spacial score (nSPS) is 23.8. The fourth-order valence-corrected chi connectivity index (χ4v) is 3.89. The van der Waals surface area contributed by atoms with Crippen molar-refractivity contribution in [1.82, 2.24) is 9.80 Å². The Labute approximate surface area is 160 Å². The molecule has 8 heteroatoms. The number of benzene rings is 2. The maximum absolute atomic E-state index is 13.8. The third kappa shape index (κ3) is 3.31. The second-order valence-corrected chi connectivity index (χ2v) is 7.09. The molecule has 0 saturated carbocycles. The third-order valence-corrected chi connectivity index (χ3v) is 5.33. The largest absolute Gasteiger partial charge is 0.383 e. The summed E-state index contributed by atoms with van der Waals surface area (Å²) < 4.78 is 26.8. The Morgan fingerprint density at radius 1 is 1.14 bits per heavy atom. The summed E-state index contributed by atoms with van der Waals surface area (Å²) in [5, 5.41) is 12.7. The Morgan fingerprint density at radius 3 is 2.61 bits per heavy atom. The number of nitrogens with one attached hydrogen (secondary N) is 1. The molecule has 3 atom stereocenters. The Hall–Kier alpha value is -3.00. The van der Waals surface area contributed by atoms with Crippen LogP contribution in [0.4, 0.5) is 19.3 Å². The number of halogens is 2. The van der Waals surface area contributed by atoms with Crippen molar-refractivity contribution in [3.05, 3.63) is 65.7 Å². The molecule has 0 bridgehead atoms. The number of nitrogens with zero attached hydrogens (tertiary/aromatic N) is 2. The van der Waals surface area contributed by atoms with Crippen molar-refractivity contribution >= 4 is 17.6 Å². The highest BCUT2D eigenvalue weighted by atomic mass is 19.1. The van der Waals surface area contributed by atoms with Crippen molar-refractivity contribution in [1.29, 1.82) is 0 Å². The SMILES string of the molecule is O=C(Nc1ccc(F)cc1F)N1C[C@@H]2[C@H](O)C(=O)N(Cc3ccccc3)[C@@H]2C1. The van der Waals surface area contributed by atoms with Gasteiger partial charge in [0.1, 0.15) is 17.7 Å². The number of aliphatic hydroxyl groups excluding tert-OH is 1. The number of amides is 3. The molecule has 2 aliphatic rings. The minimum Gasteiger partial charge on any atom is -0.383 e. The van der Waals surface area contributed by atoms with E-state index >= 15 is 0 Å². The molecule has 2 aliphatic heterocycles. The Bertz CT molecular complexity index is 909. The average Bonchev–Trinajstić information content (AvgIpc) is 3.20. The van der Waals surface area contributed by atoms with Gasteiger partial charge < -0.3 is 20.2 Å². The molecular weight excluding hydrogens is 368 g/mol. The number of anilines is 1. The molecule has 2 aromatic rings. The predicted octanol–water partition coefficient (Wildman–Crippen LogP) is 2.20. The maximum atomic E-state index is 13.8. The molecule has 2 aromatic carbocycles. The van der Waals surface area contributed by atoms with E-state index < -0.39 is 29.7 Å². The van der Waals surface area contributed by atoms with Crippen molar-refractivity contribution in [2.45, 2.75) is 18.7 Å². The Balaban J connectivity index is 1.47. The second kappa shape index (κ2) is 7.20. The molecule has 2 N–H and O–H groups in total. The number of hydrogen-bond donors (Lipinski definition) is 2. The Kier molecular flexibility index (Phi) is 4.72. The maximum Gasteiger partial charge on any atom is 0.322 e. The van der Waals surface area contributed by atoms with Gasteiger partial charge in [-0.1, -0.05) is 30.3 Å². The predicted molar refractivity (Wildman–Crippen MR) is 97.2 cm³/mol. The summed E-state index contributed by atoms with van der Waals surface area (Å²) in [6.07, 6.45) is -1.17. The number of fused-ring (bicyclic) bond motifs is 1. The van der Waals surface area contributed by atoms with Gasteiger partial charge in [0, 0.05) is 31.6 Å². The zero-order chi connectivity index (χ0) is 19.8. The molecule has 2 saturated heterocycles. The van der Waals surface area contributed by atoms with E-state index in [1.54, 1.807) is 4.90 Å². The number of carbonyl (C=O) groups excluding carboxylic acids is 2. The van der Waals surface area contributed by atoms with E-state index in [2.05, 4.69) is 5.32 Å². The zero-order valence-corrected chi connectivity index (χ0v) is 14.9. The quantitative estimate of drug-likeness (QED) is 0.848. The number of aliphatic hydroxyl groups is 1. The van der Waals surface area contributed by atoms with Crippen molar-refractivity contribution in [3.8, 4) is 0 Å². The monoisotopic (exact) mass is 387 g/mol. The number of likely N-dealkylation sites (tertiary alicyclic amines) is 2. The first-order valence-electron chi connectivity index (χ1n) is 8.97. The van der Waals surface area contributed by atoms with Crippen molar-refractivity contribution < 1.29 is 23.5 Å². The number of urea groups is 1. The van der Waals surface area contributed by atoms with Crippen LogP contribution < -0.4 is 5.32 Å². The summed E-state index contributed by atoms with van der Waals surface area (Å²) in [6.45, 7) is 0.756. The lowest BCUT2D eigenvalue weighted by Gasteiger charge is -2.25. The van der Waals surface area contributed by atoms with Crippen LogP contribution in [0.1, 0.15) is 5.56 Å². The Morgan fingerprint density at radius 2 is 1.89 bits per heavy atom. The summed E-state index contributed by atoms with van der Waals surface area (Å²) in [5.41, 5.74) is 0.807. The highest BCUT2D eigenvalue weighted by Crippen LogP contribution is 2.34. The summed E-state index contributed by atoms with van der Waals surface area (Å²) >= 11 is 0. The van der Waals surface area contributed by atoms with Crippen LogP contribution in [0.25, 0.3) is 0 Å². The zero-order valence-electron chi connectivity index (χ0n) is 14.9. The van der Waals surface area contributed by atoms with Gasteiger partial charge in [-0.2, -0.15) is 0 Å². The molecule has 146 valence electrons. The van der Waals surface area contributed by atoms with E-state index in [1.165, 1.54) is 4.90 Å². The lowest BCUT2D eigenvalue weighted by atomic mass is 10.0. The van der Waals surface area contributed by atoms with E-state index in [9.17, 15) is 23.5 Å². The first-order chi connectivity index (χ1) is 13.4. The van der Waals surface area contributed by atoms with Crippen LogP contribution in [-0.2, 0) is 11.3 Å². The van der Waals surface area contributed by atoms with Gasteiger partial charge in [0.05, 0.1) is 11.7 Å². The molecule has 0 unspecified atom stereocenters. The molecule has 0 aliphatic carbocycles. The van der Waals surface area contributed by atoms with E-state index in [0.29, 0.717) is 12.6 Å². The van der Waals surface area contributed by atoms with E-state index in [0.717, 1.165) is 17.7 Å². The summed E-state index contributed by atoms with van der Waals surface area (Å²) in [4.78, 5) is 28.0. The van der Waals surface area contributed by atoms with Crippen molar-refractivity contribution in [2.75, 3.05) is 18.4 Å². The van der Waals surface area contributed by atoms with Gasteiger partial charge >= 0.3 is 6.03 Å². The second-order valence-electron chi connectivity index (χ2n) is 7.09. The fraction of sp³-hybridized carbons (Fsp3) is 0.300. The van der Waals surface area contributed by atoms with Crippen LogP contribution in [-0.4, -0.2) is 52.1 Å². The summed E-state index contributed by atoms with van der Waals surface area (Å²) in [7, 11) is 0. The molecule has 0 aromatic heterocycles. The molecule has 0 spiro atoms. The molecule has 28 heavy (non-hydrogen) atoms. The molecule has 2 fully saturated rings. The smallest absolute Gasteiger partial charge is 0.322 e. The molecule has 3 amide bonds. The van der Waals surface area contributed by atoms with E-state index in [1.807, 2.05) is 30.3 Å². The van der Waals surface area contributed by atoms with Crippen LogP contribution in [0.15, 0.2) is 48.5 Å². The number of carbonyl (C=O) groups is 2. The van der Waals surface area contributed by atoms with Gasteiger partial charge in [0.15, 0.2) is 0 Å². The number of hydrogen-bond acceptors (Lipinski definition) is 3. The average molecular weight is 387 g/mol. The van der Waals surface area contributed by atoms with Gasteiger partial charge in [-0.05, 0) is 17.7 Å². The summed E-state index contributed by atoms with van der Waals surface area (Å²) in [6, 6.07) is 11.4. The van der Waals surface area contributed by atoms with Gasteiger partial charge in [-0.15, -0.1) is 0 Å². The van der Waals surface area contributed by atoms with Crippen molar-refractivity contribution in [3.63, 3.8) is 0 Å². The van der Waals surface area contributed by atoms with Crippen LogP contribution in [0.5, 0.6) is 0 Å². The molecule has 6 nitrogen and oxygen atoms in total. The minimum atomic E-state index is -1.17. The first-order valence-corrected chi connectivity index (χ1v) is 8.97. The topological polar surface area (TPSA) is 72.9 Å². The standard InChI is InChI=1S/C20H19F2N3O3/c21-13-6-7-16(15(22)8-13)23-20(28)24-10-14-17(11-24)25(19(27)18(14)26)9-12-4-2-1-3-5-12/h1-8,14,17-18,26H,9-11H2,(H,23,28)/t14-,17+,18-/m0/s1. The van der Waals surface area contributed by atoms with Crippen LogP contribution in [0, 0.1) is 17.6 Å². The molecule has 4 rings (SSSR count). The van der Waals surface area contributed by atoms with Gasteiger partial charge in [0.2, 0.25) is 0 Å². The first kappa shape index (κ1) is 18.4. The van der Waals surface area contributed by atoms with Crippen molar-refractivity contribution in [2.24, 2.45) is 5.92 Å². The van der Waals surface area contributed by atoms with Gasteiger partial charge in [0.25, 0.3) is 5.91 Å². The van der Waals surface area contributed by atoms with Crippen LogP contribution in [0.3, 0.4) is 0 Å². The van der Waals surface area contributed by atoms with Crippen LogP contribution >= 0.6 is 0 Å². The van der Waals surface area contributed by atoms with E-state index in [4.69, 9.17) is 0 Å². The highest BCUT2D eigenvalue weighted by Gasteiger charge is 2.52. The highest BCUT2D eigenvalue weighted by molar-refractivity contribution is 5.90. The van der Waals surface area contributed by atoms with Gasteiger partial charge in [-0.3, -0.25) is 4.79 Å². The number of rotatable bonds is 3. The molecular formula is C20H19F2N3O3. The molecule has 2 heterocycles. The lowest BCUT2D eigenvalue weighted by Crippen LogP contribution is -2.41. The molecule has 0 radical (unpaired) electrons. The van der Waals surface area contributed by atoms with Gasteiger partial charge in [-0.25, -0.2) is 13.6 Å². The third-order valence-electron chi connectivity index (χ3n) is 5.33. The summed E-state index contributed by atoms with van der Waals surface area (Å²) in [5.74, 6) is -2.35.